The van der Waals surface area contributed by atoms with Crippen LogP contribution in [0.2, 0.25) is 0 Å². The molecule has 1 saturated carbocycles. The maximum Gasteiger partial charge on any atom is 0.191 e. The summed E-state index contributed by atoms with van der Waals surface area (Å²) in [6.45, 7) is 9.49. The molecule has 0 radical (unpaired) electrons. The molecule has 0 amide bonds. The molecule has 1 aliphatic carbocycles. The summed E-state index contributed by atoms with van der Waals surface area (Å²) in [5, 5.41) is 7.38. The normalized spacial score (nSPS) is 25.1. The molecule has 2 fully saturated rings. The first-order valence-corrected chi connectivity index (χ1v) is 12.9. The molecule has 1 aromatic rings. The van der Waals surface area contributed by atoms with Crippen molar-refractivity contribution in [3.8, 4) is 0 Å². The Balaban J connectivity index is 1.33. The number of hydrogen-bond donors (Lipinski definition) is 2. The molecule has 6 nitrogen and oxygen atoms in total. The third-order valence-corrected chi connectivity index (χ3v) is 8.02. The average Bonchev–Trinajstić information content (AvgIpc) is 2.80. The molecular weight excluding hydrogens is 394 g/mol. The minimum Gasteiger partial charge on any atom is -0.355 e. The molecule has 0 spiro atoms. The SMILES string of the molecule is CCS(=O)C1CCCC(NC(=NC)NCCN2CCN(Cc3ccccc3)CC2)C1. The highest BCUT2D eigenvalue weighted by Gasteiger charge is 2.26. The predicted octanol–water partition coefficient (Wildman–Crippen LogP) is 2.05. The molecule has 3 unspecified atom stereocenters. The van der Waals surface area contributed by atoms with Crippen LogP contribution in [0.5, 0.6) is 0 Å². The van der Waals surface area contributed by atoms with Gasteiger partial charge in [-0.25, -0.2) is 0 Å². The second-order valence-corrected chi connectivity index (χ2v) is 10.4. The smallest absolute Gasteiger partial charge is 0.191 e. The second-order valence-electron chi connectivity index (χ2n) is 8.40. The van der Waals surface area contributed by atoms with Gasteiger partial charge in [-0.3, -0.25) is 19.0 Å². The number of aliphatic imine (C=N–C) groups is 1. The van der Waals surface area contributed by atoms with Gasteiger partial charge >= 0.3 is 0 Å². The molecule has 1 aromatic carbocycles. The van der Waals surface area contributed by atoms with Gasteiger partial charge in [0, 0.05) is 80.7 Å². The van der Waals surface area contributed by atoms with Crippen LogP contribution in [0.4, 0.5) is 0 Å². The molecular formula is C23H39N5OS. The third kappa shape index (κ3) is 7.36. The van der Waals surface area contributed by atoms with Gasteiger partial charge in [-0.15, -0.1) is 0 Å². The molecule has 0 aromatic heterocycles. The monoisotopic (exact) mass is 433 g/mol. The minimum atomic E-state index is -0.687. The van der Waals surface area contributed by atoms with E-state index in [1.165, 1.54) is 5.56 Å². The van der Waals surface area contributed by atoms with Crippen molar-refractivity contribution < 1.29 is 4.21 Å². The minimum absolute atomic E-state index is 0.339. The molecule has 1 heterocycles. The first-order valence-electron chi connectivity index (χ1n) is 11.5. The topological polar surface area (TPSA) is 60.0 Å². The lowest BCUT2D eigenvalue weighted by molar-refractivity contribution is 0.129. The van der Waals surface area contributed by atoms with Gasteiger partial charge in [0.15, 0.2) is 5.96 Å². The Morgan fingerprint density at radius 2 is 1.87 bits per heavy atom. The van der Waals surface area contributed by atoms with E-state index in [2.05, 4.69) is 55.8 Å². The highest BCUT2D eigenvalue weighted by Crippen LogP contribution is 2.22. The maximum absolute atomic E-state index is 12.2. The number of piperazine rings is 1. The summed E-state index contributed by atoms with van der Waals surface area (Å²) in [6.07, 6.45) is 4.38. The van der Waals surface area contributed by atoms with Crippen LogP contribution in [-0.4, -0.2) is 83.3 Å². The molecule has 1 aliphatic heterocycles. The number of nitrogens with zero attached hydrogens (tertiary/aromatic N) is 3. The summed E-state index contributed by atoms with van der Waals surface area (Å²) < 4.78 is 12.2. The summed E-state index contributed by atoms with van der Waals surface area (Å²) in [7, 11) is 1.15. The van der Waals surface area contributed by atoms with Gasteiger partial charge in [-0.05, 0) is 24.8 Å². The lowest BCUT2D eigenvalue weighted by Crippen LogP contribution is -2.50. The van der Waals surface area contributed by atoms with Crippen molar-refractivity contribution in [2.24, 2.45) is 4.99 Å². The molecule has 168 valence electrons. The van der Waals surface area contributed by atoms with Gasteiger partial charge < -0.3 is 10.6 Å². The molecule has 3 rings (SSSR count). The standard InChI is InChI=1S/C23H39N5OS/c1-3-30(29)22-11-7-10-21(18-22)26-23(24-2)25-12-13-27-14-16-28(17-15-27)19-20-8-5-4-6-9-20/h4-6,8-9,21-22H,3,7,10-19H2,1-2H3,(H2,24,25,26). The van der Waals surface area contributed by atoms with Crippen molar-refractivity contribution in [1.29, 1.82) is 0 Å². The van der Waals surface area contributed by atoms with Crippen LogP contribution >= 0.6 is 0 Å². The number of guanidine groups is 1. The van der Waals surface area contributed by atoms with Crippen LogP contribution in [0.15, 0.2) is 35.3 Å². The van der Waals surface area contributed by atoms with Crippen LogP contribution in [0.3, 0.4) is 0 Å². The highest BCUT2D eigenvalue weighted by molar-refractivity contribution is 7.85. The van der Waals surface area contributed by atoms with E-state index >= 15 is 0 Å². The Labute approximate surface area is 185 Å². The van der Waals surface area contributed by atoms with Gasteiger partial charge in [-0.2, -0.15) is 0 Å². The second kappa shape index (κ2) is 12.4. The van der Waals surface area contributed by atoms with E-state index in [0.717, 1.165) is 83.2 Å². The molecule has 1 saturated heterocycles. The summed E-state index contributed by atoms with van der Waals surface area (Å²) in [4.78, 5) is 9.48. The largest absolute Gasteiger partial charge is 0.355 e. The van der Waals surface area contributed by atoms with Crippen molar-refractivity contribution in [2.45, 2.75) is 50.4 Å². The molecule has 2 N–H and O–H groups in total. The van der Waals surface area contributed by atoms with Crippen molar-refractivity contribution in [1.82, 2.24) is 20.4 Å². The van der Waals surface area contributed by atoms with E-state index in [4.69, 9.17) is 0 Å². The summed E-state index contributed by atoms with van der Waals surface area (Å²) in [6, 6.07) is 11.1. The number of nitrogens with one attached hydrogen (secondary N) is 2. The Kier molecular flexibility index (Phi) is 9.62. The lowest BCUT2D eigenvalue weighted by atomic mass is 9.95. The first-order chi connectivity index (χ1) is 14.7. The van der Waals surface area contributed by atoms with E-state index in [-0.39, 0.29) is 0 Å². The van der Waals surface area contributed by atoms with Gasteiger partial charge in [0.2, 0.25) is 0 Å². The predicted molar refractivity (Wildman–Crippen MR) is 127 cm³/mol. The number of rotatable bonds is 8. The molecule has 3 atom stereocenters. The van der Waals surface area contributed by atoms with Crippen molar-refractivity contribution >= 4 is 16.8 Å². The fraction of sp³-hybridized carbons (Fsp3) is 0.696. The van der Waals surface area contributed by atoms with E-state index < -0.39 is 10.8 Å². The number of hydrogen-bond acceptors (Lipinski definition) is 4. The van der Waals surface area contributed by atoms with Crippen molar-refractivity contribution in [3.63, 3.8) is 0 Å². The van der Waals surface area contributed by atoms with Crippen LogP contribution in [0.25, 0.3) is 0 Å². The fourth-order valence-corrected chi connectivity index (χ4v) is 5.83. The Hall–Kier alpha value is -1.44. The lowest BCUT2D eigenvalue weighted by Gasteiger charge is -2.35. The summed E-state index contributed by atoms with van der Waals surface area (Å²) in [5.41, 5.74) is 1.40. The zero-order valence-electron chi connectivity index (χ0n) is 18.7. The van der Waals surface area contributed by atoms with Gasteiger partial charge in [-0.1, -0.05) is 43.7 Å². The van der Waals surface area contributed by atoms with Crippen molar-refractivity contribution in [3.05, 3.63) is 35.9 Å². The third-order valence-electron chi connectivity index (χ3n) is 6.28. The molecule has 0 bridgehead atoms. The Morgan fingerprint density at radius 1 is 1.13 bits per heavy atom. The van der Waals surface area contributed by atoms with Crippen LogP contribution < -0.4 is 10.6 Å². The van der Waals surface area contributed by atoms with E-state index in [1.807, 2.05) is 14.0 Å². The van der Waals surface area contributed by atoms with Gasteiger partial charge in [0.1, 0.15) is 0 Å². The Morgan fingerprint density at radius 3 is 2.57 bits per heavy atom. The van der Waals surface area contributed by atoms with E-state index in [0.29, 0.717) is 11.3 Å². The number of benzene rings is 1. The average molecular weight is 434 g/mol. The van der Waals surface area contributed by atoms with Gasteiger partial charge in [0.05, 0.1) is 0 Å². The van der Waals surface area contributed by atoms with E-state index in [1.54, 1.807) is 0 Å². The summed E-state index contributed by atoms with van der Waals surface area (Å²) in [5.74, 6) is 1.65. The van der Waals surface area contributed by atoms with Crippen molar-refractivity contribution in [2.75, 3.05) is 52.1 Å². The maximum atomic E-state index is 12.2. The molecule has 30 heavy (non-hydrogen) atoms. The fourth-order valence-electron chi connectivity index (χ4n) is 4.48. The first kappa shape index (κ1) is 23.2. The van der Waals surface area contributed by atoms with Crippen LogP contribution in [0, 0.1) is 0 Å². The Bertz CT molecular complexity index is 675. The highest BCUT2D eigenvalue weighted by atomic mass is 32.2. The zero-order valence-corrected chi connectivity index (χ0v) is 19.5. The molecule has 2 aliphatic rings. The zero-order chi connectivity index (χ0) is 21.2. The quantitative estimate of drug-likeness (QED) is 0.485. The van der Waals surface area contributed by atoms with Crippen LogP contribution in [0.1, 0.15) is 38.2 Å². The van der Waals surface area contributed by atoms with Crippen LogP contribution in [-0.2, 0) is 17.3 Å². The molecule has 7 heteroatoms. The summed E-state index contributed by atoms with van der Waals surface area (Å²) >= 11 is 0. The van der Waals surface area contributed by atoms with E-state index in [9.17, 15) is 4.21 Å². The van der Waals surface area contributed by atoms with Gasteiger partial charge in [0.25, 0.3) is 0 Å².